The van der Waals surface area contributed by atoms with Crippen LogP contribution >= 0.6 is 0 Å². The van der Waals surface area contributed by atoms with Crippen molar-refractivity contribution < 1.29 is 4.79 Å². The standard InChI is InChI=1S/C20H22N2O/c1-3-20(2,22-19(23)15-9-5-4-6-10-15)13-16-14-21-18-12-8-7-11-17(16)18/h4-12,14,21H,3,13H2,1-2H3,(H,22,23). The summed E-state index contributed by atoms with van der Waals surface area (Å²) < 4.78 is 0. The molecular weight excluding hydrogens is 284 g/mol. The van der Waals surface area contributed by atoms with Crippen molar-refractivity contribution in [1.29, 1.82) is 0 Å². The molecule has 1 aromatic heterocycles. The fraction of sp³-hybridized carbons (Fsp3) is 0.250. The van der Waals surface area contributed by atoms with Crippen LogP contribution in [0.25, 0.3) is 10.9 Å². The summed E-state index contributed by atoms with van der Waals surface area (Å²) in [5.41, 5.74) is 2.79. The van der Waals surface area contributed by atoms with Crippen molar-refractivity contribution in [1.82, 2.24) is 10.3 Å². The maximum atomic E-state index is 12.5. The lowest BCUT2D eigenvalue weighted by Crippen LogP contribution is -2.47. The van der Waals surface area contributed by atoms with Gasteiger partial charge in [0.25, 0.3) is 5.91 Å². The number of H-pyrrole nitrogens is 1. The molecule has 0 saturated heterocycles. The molecule has 0 spiro atoms. The fourth-order valence-electron chi connectivity index (χ4n) is 2.89. The highest BCUT2D eigenvalue weighted by Gasteiger charge is 2.26. The molecular formula is C20H22N2O. The van der Waals surface area contributed by atoms with E-state index in [9.17, 15) is 4.79 Å². The molecule has 0 aliphatic carbocycles. The Labute approximate surface area is 136 Å². The van der Waals surface area contributed by atoms with Gasteiger partial charge in [-0.1, -0.05) is 43.3 Å². The van der Waals surface area contributed by atoms with Gasteiger partial charge in [0.05, 0.1) is 0 Å². The van der Waals surface area contributed by atoms with Crippen molar-refractivity contribution in [2.24, 2.45) is 0 Å². The average molecular weight is 306 g/mol. The molecule has 2 N–H and O–H groups in total. The number of aromatic nitrogens is 1. The van der Waals surface area contributed by atoms with Gasteiger partial charge in [0.15, 0.2) is 0 Å². The van der Waals surface area contributed by atoms with E-state index in [0.29, 0.717) is 5.56 Å². The number of nitrogens with one attached hydrogen (secondary N) is 2. The number of aromatic amines is 1. The van der Waals surface area contributed by atoms with Crippen LogP contribution in [0.2, 0.25) is 0 Å². The minimum Gasteiger partial charge on any atom is -0.361 e. The van der Waals surface area contributed by atoms with E-state index >= 15 is 0 Å². The molecule has 0 aliphatic heterocycles. The van der Waals surface area contributed by atoms with Crippen molar-refractivity contribution in [3.05, 3.63) is 71.9 Å². The van der Waals surface area contributed by atoms with E-state index in [-0.39, 0.29) is 11.4 Å². The molecule has 0 saturated carbocycles. The predicted molar refractivity (Wildman–Crippen MR) is 94.6 cm³/mol. The van der Waals surface area contributed by atoms with Crippen LogP contribution in [-0.2, 0) is 6.42 Å². The van der Waals surface area contributed by atoms with Crippen molar-refractivity contribution in [2.75, 3.05) is 0 Å². The zero-order chi connectivity index (χ0) is 16.3. The van der Waals surface area contributed by atoms with E-state index in [1.54, 1.807) is 0 Å². The third kappa shape index (κ3) is 3.29. The summed E-state index contributed by atoms with van der Waals surface area (Å²) in [7, 11) is 0. The van der Waals surface area contributed by atoms with Gasteiger partial charge in [0.2, 0.25) is 0 Å². The first-order valence-corrected chi connectivity index (χ1v) is 8.04. The highest BCUT2D eigenvalue weighted by molar-refractivity contribution is 5.94. The van der Waals surface area contributed by atoms with Crippen LogP contribution in [0.5, 0.6) is 0 Å². The van der Waals surface area contributed by atoms with Gasteiger partial charge in [-0.05, 0) is 43.5 Å². The molecule has 0 radical (unpaired) electrons. The first-order valence-electron chi connectivity index (χ1n) is 8.04. The molecule has 0 fully saturated rings. The van der Waals surface area contributed by atoms with E-state index in [4.69, 9.17) is 0 Å². The molecule has 3 nitrogen and oxygen atoms in total. The van der Waals surface area contributed by atoms with Crippen molar-refractivity contribution in [3.8, 4) is 0 Å². The molecule has 0 aliphatic rings. The van der Waals surface area contributed by atoms with Crippen LogP contribution in [0.4, 0.5) is 0 Å². The molecule has 2 aromatic carbocycles. The van der Waals surface area contributed by atoms with E-state index in [1.165, 1.54) is 10.9 Å². The Kier molecular flexibility index (Phi) is 4.20. The van der Waals surface area contributed by atoms with E-state index in [2.05, 4.69) is 36.3 Å². The fourth-order valence-corrected chi connectivity index (χ4v) is 2.89. The Bertz CT molecular complexity index is 807. The largest absolute Gasteiger partial charge is 0.361 e. The number of carbonyl (C=O) groups is 1. The van der Waals surface area contributed by atoms with Crippen LogP contribution in [0.3, 0.4) is 0 Å². The van der Waals surface area contributed by atoms with Crippen LogP contribution in [0.15, 0.2) is 60.8 Å². The minimum absolute atomic E-state index is 0.0187. The van der Waals surface area contributed by atoms with Crippen LogP contribution < -0.4 is 5.32 Å². The number of hydrogen-bond donors (Lipinski definition) is 2. The summed E-state index contributed by atoms with van der Waals surface area (Å²) in [4.78, 5) is 15.8. The SMILES string of the molecule is CCC(C)(Cc1c[nH]c2ccccc12)NC(=O)c1ccccc1. The second-order valence-electron chi connectivity index (χ2n) is 6.27. The van der Waals surface area contributed by atoms with Gasteiger partial charge < -0.3 is 10.3 Å². The van der Waals surface area contributed by atoms with Crippen LogP contribution in [0.1, 0.15) is 36.2 Å². The topological polar surface area (TPSA) is 44.9 Å². The van der Waals surface area contributed by atoms with Gasteiger partial charge in [-0.15, -0.1) is 0 Å². The highest BCUT2D eigenvalue weighted by Crippen LogP contribution is 2.24. The lowest BCUT2D eigenvalue weighted by molar-refractivity contribution is 0.0903. The average Bonchev–Trinajstić information content (AvgIpc) is 2.98. The molecule has 3 heteroatoms. The maximum Gasteiger partial charge on any atom is 0.251 e. The predicted octanol–water partition coefficient (Wildman–Crippen LogP) is 4.31. The summed E-state index contributed by atoms with van der Waals surface area (Å²) in [6.07, 6.45) is 3.71. The first-order chi connectivity index (χ1) is 11.1. The number of amides is 1. The van der Waals surface area contributed by atoms with E-state index in [1.807, 2.05) is 48.7 Å². The van der Waals surface area contributed by atoms with Crippen LogP contribution in [-0.4, -0.2) is 16.4 Å². The highest BCUT2D eigenvalue weighted by atomic mass is 16.1. The quantitative estimate of drug-likeness (QED) is 0.725. The third-order valence-electron chi connectivity index (χ3n) is 4.49. The summed E-state index contributed by atoms with van der Waals surface area (Å²) in [5.74, 6) is -0.0187. The number of rotatable bonds is 5. The van der Waals surface area contributed by atoms with Crippen molar-refractivity contribution >= 4 is 16.8 Å². The van der Waals surface area contributed by atoms with Gasteiger partial charge >= 0.3 is 0 Å². The molecule has 3 rings (SSSR count). The van der Waals surface area contributed by atoms with Gasteiger partial charge in [0.1, 0.15) is 0 Å². The van der Waals surface area contributed by atoms with Gasteiger partial charge in [0, 0.05) is 28.2 Å². The normalized spacial score (nSPS) is 13.7. The Morgan fingerprint density at radius 1 is 1.09 bits per heavy atom. The minimum atomic E-state index is -0.280. The first kappa shape index (κ1) is 15.3. The summed E-state index contributed by atoms with van der Waals surface area (Å²) >= 11 is 0. The van der Waals surface area contributed by atoms with Gasteiger partial charge in [-0.2, -0.15) is 0 Å². The smallest absolute Gasteiger partial charge is 0.251 e. The van der Waals surface area contributed by atoms with Crippen molar-refractivity contribution in [2.45, 2.75) is 32.2 Å². The molecule has 1 unspecified atom stereocenters. The van der Waals surface area contributed by atoms with Crippen LogP contribution in [0, 0.1) is 0 Å². The Hall–Kier alpha value is -2.55. The van der Waals surface area contributed by atoms with Gasteiger partial charge in [-0.25, -0.2) is 0 Å². The number of carbonyl (C=O) groups excluding carboxylic acids is 1. The number of benzene rings is 2. The summed E-state index contributed by atoms with van der Waals surface area (Å²) in [6.45, 7) is 4.22. The molecule has 1 amide bonds. The van der Waals surface area contributed by atoms with Crippen molar-refractivity contribution in [3.63, 3.8) is 0 Å². The molecule has 1 heterocycles. The Morgan fingerprint density at radius 2 is 1.78 bits per heavy atom. The van der Waals surface area contributed by atoms with Gasteiger partial charge in [-0.3, -0.25) is 4.79 Å². The third-order valence-corrected chi connectivity index (χ3v) is 4.49. The monoisotopic (exact) mass is 306 g/mol. The van der Waals surface area contributed by atoms with E-state index < -0.39 is 0 Å². The number of para-hydroxylation sites is 1. The summed E-state index contributed by atoms with van der Waals surface area (Å²) in [5, 5.41) is 4.43. The second kappa shape index (κ2) is 6.29. The zero-order valence-corrected chi connectivity index (χ0v) is 13.6. The lowest BCUT2D eigenvalue weighted by atomic mass is 9.89. The Morgan fingerprint density at radius 3 is 2.52 bits per heavy atom. The summed E-state index contributed by atoms with van der Waals surface area (Å²) in [6, 6.07) is 17.6. The molecule has 118 valence electrons. The second-order valence-corrected chi connectivity index (χ2v) is 6.27. The lowest BCUT2D eigenvalue weighted by Gasteiger charge is -2.29. The maximum absolute atomic E-state index is 12.5. The molecule has 1 atom stereocenters. The molecule has 0 bridgehead atoms. The zero-order valence-electron chi connectivity index (χ0n) is 13.6. The number of fused-ring (bicyclic) bond motifs is 1. The molecule has 3 aromatic rings. The Balaban J connectivity index is 1.82. The molecule has 23 heavy (non-hydrogen) atoms. The van der Waals surface area contributed by atoms with E-state index in [0.717, 1.165) is 18.4 Å². The number of hydrogen-bond acceptors (Lipinski definition) is 1.